The summed E-state index contributed by atoms with van der Waals surface area (Å²) in [5.74, 6) is -0.290. The molecule has 1 saturated heterocycles. The maximum Gasteiger partial charge on any atom is 0.229 e. The molecule has 1 fully saturated rings. The van der Waals surface area contributed by atoms with Crippen molar-refractivity contribution in [1.82, 2.24) is 0 Å². The molecule has 0 aromatic carbocycles. The Labute approximate surface area is 125 Å². The molecule has 1 unspecified atom stereocenters. The Balaban J connectivity index is 2.09. The zero-order chi connectivity index (χ0) is 16.4. The fraction of sp³-hybridized carbons (Fsp3) is 0.833. The van der Waals surface area contributed by atoms with Crippen LogP contribution in [-0.4, -0.2) is 98.2 Å². The van der Waals surface area contributed by atoms with Crippen LogP contribution in [0.4, 0.5) is 0 Å². The maximum absolute atomic E-state index is 9.81. The van der Waals surface area contributed by atoms with E-state index in [0.717, 1.165) is 6.08 Å². The van der Waals surface area contributed by atoms with Gasteiger partial charge in [0.1, 0.15) is 36.6 Å². The van der Waals surface area contributed by atoms with Gasteiger partial charge in [-0.3, -0.25) is 0 Å². The molecule has 2 aliphatic rings. The molecule has 128 valence electrons. The lowest BCUT2D eigenvalue weighted by molar-refractivity contribution is -0.302. The minimum Gasteiger partial charge on any atom is -0.461 e. The van der Waals surface area contributed by atoms with E-state index in [1.807, 2.05) is 0 Å². The summed E-state index contributed by atoms with van der Waals surface area (Å²) in [6, 6.07) is 0. The number of rotatable bonds is 4. The molecule has 2 heterocycles. The highest BCUT2D eigenvalue weighted by Gasteiger charge is 2.45. The van der Waals surface area contributed by atoms with Crippen molar-refractivity contribution in [2.24, 2.45) is 0 Å². The summed E-state index contributed by atoms with van der Waals surface area (Å²) in [4.78, 5) is 0. The van der Waals surface area contributed by atoms with E-state index in [9.17, 15) is 25.5 Å². The highest BCUT2D eigenvalue weighted by Crippen LogP contribution is 2.27. The third-order valence-electron chi connectivity index (χ3n) is 3.54. The van der Waals surface area contributed by atoms with Crippen LogP contribution >= 0.6 is 0 Å². The fourth-order valence-corrected chi connectivity index (χ4v) is 2.22. The SMILES string of the molecule is OC[C@@H]1OC(O)C(O[C@H]2O[C@H](CO)[C@@H](O)[C@H](O)[C@H]2O)=C[C@H]1O. The van der Waals surface area contributed by atoms with E-state index in [2.05, 4.69) is 0 Å². The van der Waals surface area contributed by atoms with Crippen LogP contribution in [0.15, 0.2) is 11.8 Å². The van der Waals surface area contributed by atoms with Crippen LogP contribution in [0.3, 0.4) is 0 Å². The van der Waals surface area contributed by atoms with Crippen LogP contribution in [0.5, 0.6) is 0 Å². The molecule has 10 heteroatoms. The molecule has 7 N–H and O–H groups in total. The van der Waals surface area contributed by atoms with Gasteiger partial charge in [0.15, 0.2) is 5.76 Å². The standard InChI is InChI=1S/C12H20O10/c13-2-6-4(15)1-5(11(19)20-6)21-12-10(18)9(17)8(16)7(3-14)22-12/h1,4,6-19H,2-3H2/t4-,6+,7-,8-,9+,10-,11?,12+/m1/s1. The minimum absolute atomic E-state index is 0.290. The zero-order valence-electron chi connectivity index (χ0n) is 11.5. The van der Waals surface area contributed by atoms with Crippen LogP contribution in [-0.2, 0) is 14.2 Å². The smallest absolute Gasteiger partial charge is 0.229 e. The number of ether oxygens (including phenoxy) is 3. The van der Waals surface area contributed by atoms with Crippen LogP contribution in [0, 0.1) is 0 Å². The third kappa shape index (κ3) is 3.40. The van der Waals surface area contributed by atoms with Gasteiger partial charge in [-0.05, 0) is 6.08 Å². The molecule has 0 radical (unpaired) electrons. The quantitative estimate of drug-likeness (QED) is 0.269. The third-order valence-corrected chi connectivity index (χ3v) is 3.54. The molecule has 0 spiro atoms. The van der Waals surface area contributed by atoms with Crippen molar-refractivity contribution in [3.05, 3.63) is 11.8 Å². The van der Waals surface area contributed by atoms with Crippen LogP contribution < -0.4 is 0 Å². The summed E-state index contributed by atoms with van der Waals surface area (Å²) >= 11 is 0. The van der Waals surface area contributed by atoms with Crippen molar-refractivity contribution in [2.45, 2.75) is 49.2 Å². The number of hydrogen-bond acceptors (Lipinski definition) is 10. The highest BCUT2D eigenvalue weighted by atomic mass is 16.7. The van der Waals surface area contributed by atoms with Crippen molar-refractivity contribution in [2.75, 3.05) is 13.2 Å². The van der Waals surface area contributed by atoms with Crippen molar-refractivity contribution in [3.63, 3.8) is 0 Å². The molecule has 0 aromatic heterocycles. The molecule has 0 saturated carbocycles. The van der Waals surface area contributed by atoms with Gasteiger partial charge in [0.2, 0.25) is 12.6 Å². The van der Waals surface area contributed by atoms with Crippen LogP contribution in [0.2, 0.25) is 0 Å². The second-order valence-corrected chi connectivity index (χ2v) is 5.08. The summed E-state index contributed by atoms with van der Waals surface area (Å²) in [6.45, 7) is -1.15. The molecule has 10 nitrogen and oxygen atoms in total. The van der Waals surface area contributed by atoms with Gasteiger partial charge in [-0.2, -0.15) is 0 Å². The maximum atomic E-state index is 9.81. The van der Waals surface area contributed by atoms with Crippen molar-refractivity contribution in [3.8, 4) is 0 Å². The van der Waals surface area contributed by atoms with Gasteiger partial charge in [0.25, 0.3) is 0 Å². The largest absolute Gasteiger partial charge is 0.461 e. The lowest BCUT2D eigenvalue weighted by Gasteiger charge is -2.41. The summed E-state index contributed by atoms with van der Waals surface area (Å²) in [5, 5.41) is 66.4. The van der Waals surface area contributed by atoms with Gasteiger partial charge in [0.05, 0.1) is 13.2 Å². The van der Waals surface area contributed by atoms with E-state index in [0.29, 0.717) is 0 Å². The van der Waals surface area contributed by atoms with E-state index in [1.54, 1.807) is 0 Å². The Morgan fingerprint density at radius 1 is 0.864 bits per heavy atom. The van der Waals surface area contributed by atoms with Gasteiger partial charge < -0.3 is 50.0 Å². The number of hydrogen-bond donors (Lipinski definition) is 7. The molecule has 0 aromatic rings. The van der Waals surface area contributed by atoms with Gasteiger partial charge in [0, 0.05) is 0 Å². The van der Waals surface area contributed by atoms with Crippen molar-refractivity contribution < 1.29 is 50.0 Å². The monoisotopic (exact) mass is 324 g/mol. The molecule has 22 heavy (non-hydrogen) atoms. The molecule has 2 aliphatic heterocycles. The van der Waals surface area contributed by atoms with Crippen LogP contribution in [0.1, 0.15) is 0 Å². The van der Waals surface area contributed by atoms with Crippen molar-refractivity contribution in [1.29, 1.82) is 0 Å². The van der Waals surface area contributed by atoms with Gasteiger partial charge in [-0.15, -0.1) is 0 Å². The lowest BCUT2D eigenvalue weighted by atomic mass is 9.99. The second-order valence-electron chi connectivity index (χ2n) is 5.08. The van der Waals surface area contributed by atoms with E-state index < -0.39 is 62.4 Å². The first kappa shape index (κ1) is 17.5. The Hall–Kier alpha value is -0.820. The molecule has 2 rings (SSSR count). The van der Waals surface area contributed by atoms with Crippen molar-refractivity contribution >= 4 is 0 Å². The predicted octanol–water partition coefficient (Wildman–Crippen LogP) is -4.24. The average molecular weight is 324 g/mol. The van der Waals surface area contributed by atoms with E-state index in [1.165, 1.54) is 0 Å². The van der Waals surface area contributed by atoms with E-state index >= 15 is 0 Å². The van der Waals surface area contributed by atoms with Crippen LogP contribution in [0.25, 0.3) is 0 Å². The normalized spacial score (nSPS) is 46.2. The lowest BCUT2D eigenvalue weighted by Crippen LogP contribution is -2.59. The van der Waals surface area contributed by atoms with E-state index in [4.69, 9.17) is 24.4 Å². The minimum atomic E-state index is -1.65. The zero-order valence-corrected chi connectivity index (χ0v) is 11.5. The predicted molar refractivity (Wildman–Crippen MR) is 66.9 cm³/mol. The first-order chi connectivity index (χ1) is 10.4. The first-order valence-corrected chi connectivity index (χ1v) is 6.70. The molecular formula is C12H20O10. The summed E-state index contributed by atoms with van der Waals surface area (Å²) in [7, 11) is 0. The topological polar surface area (TPSA) is 169 Å². The molecule has 0 bridgehead atoms. The summed E-state index contributed by atoms with van der Waals surface area (Å²) < 4.78 is 15.2. The van der Waals surface area contributed by atoms with Gasteiger partial charge in [-0.25, -0.2) is 0 Å². The summed E-state index contributed by atoms with van der Waals surface area (Å²) in [5.41, 5.74) is 0. The first-order valence-electron chi connectivity index (χ1n) is 6.70. The summed E-state index contributed by atoms with van der Waals surface area (Å²) in [6.07, 6.45) is -10.3. The molecule has 0 amide bonds. The molecule has 0 aliphatic carbocycles. The average Bonchev–Trinajstić information content (AvgIpc) is 2.50. The Bertz CT molecular complexity index is 399. The Morgan fingerprint density at radius 2 is 1.50 bits per heavy atom. The highest BCUT2D eigenvalue weighted by molar-refractivity contribution is 5.07. The fourth-order valence-electron chi connectivity index (χ4n) is 2.22. The second kappa shape index (κ2) is 7.17. The van der Waals surface area contributed by atoms with Gasteiger partial charge >= 0.3 is 0 Å². The van der Waals surface area contributed by atoms with E-state index in [-0.39, 0.29) is 5.76 Å². The Morgan fingerprint density at radius 3 is 2.09 bits per heavy atom. The Kier molecular flexibility index (Phi) is 5.71. The molecular weight excluding hydrogens is 304 g/mol. The van der Waals surface area contributed by atoms with Gasteiger partial charge in [-0.1, -0.05) is 0 Å². The number of aliphatic hydroxyl groups excluding tert-OH is 7. The molecule has 8 atom stereocenters. The number of aliphatic hydroxyl groups is 7.